The molecule has 0 amide bonds. The molecule has 0 aromatic heterocycles. The van der Waals surface area contributed by atoms with E-state index in [1.165, 1.54) is 48.8 Å². The third-order valence-corrected chi connectivity index (χ3v) is 20.3. The highest BCUT2D eigenvalue weighted by Crippen LogP contribution is 2.61. The minimum absolute atomic E-state index is 0.0803. The van der Waals surface area contributed by atoms with Gasteiger partial charge in [0, 0.05) is 48.6 Å². The van der Waals surface area contributed by atoms with E-state index in [0.717, 1.165) is 58.8 Å². The molecule has 2 aliphatic carbocycles. The normalized spacial score (nSPS) is 25.3. The molecule has 0 unspecified atom stereocenters. The van der Waals surface area contributed by atoms with E-state index in [4.69, 9.17) is 18.6 Å². The Bertz CT molecular complexity index is 1440. The molecule has 1 N–H and O–H groups in total. The Morgan fingerprint density at radius 2 is 1.84 bits per heavy atom. The fraction of sp³-hybridized carbons (Fsp3) is 0.675. The van der Waals surface area contributed by atoms with Gasteiger partial charge in [-0.3, -0.25) is 4.79 Å². The number of ether oxygens (including phenoxy) is 3. The van der Waals surface area contributed by atoms with Crippen molar-refractivity contribution < 1.29 is 23.4 Å². The summed E-state index contributed by atoms with van der Waals surface area (Å²) in [4.78, 5) is 13.5. The molecule has 2 fully saturated rings. The van der Waals surface area contributed by atoms with E-state index in [-0.39, 0.29) is 22.8 Å². The van der Waals surface area contributed by atoms with Crippen molar-refractivity contribution in [2.75, 3.05) is 20.3 Å². The van der Waals surface area contributed by atoms with E-state index < -0.39 is 8.32 Å². The number of hydrogen-bond acceptors (Lipinski definition) is 7. The van der Waals surface area contributed by atoms with Gasteiger partial charge < -0.3 is 24.0 Å². The molecule has 4 atom stereocenters. The summed E-state index contributed by atoms with van der Waals surface area (Å²) in [5.41, 5.74) is 4.52. The monoisotopic (exact) mass is 771 g/mol. The number of ketones is 1. The van der Waals surface area contributed by atoms with Crippen molar-refractivity contribution in [2.24, 2.45) is 5.92 Å². The summed E-state index contributed by atoms with van der Waals surface area (Å²) in [6, 6.07) is 11.8. The van der Waals surface area contributed by atoms with E-state index in [1.54, 1.807) is 7.11 Å². The van der Waals surface area contributed by atoms with Gasteiger partial charge in [0.2, 0.25) is 0 Å². The number of halogens is 1. The number of rotatable bonds is 15. The highest BCUT2D eigenvalue weighted by Gasteiger charge is 2.60. The van der Waals surface area contributed by atoms with Crippen LogP contribution < -0.4 is 19.5 Å². The van der Waals surface area contributed by atoms with Crippen molar-refractivity contribution in [1.82, 2.24) is 5.32 Å². The summed E-state index contributed by atoms with van der Waals surface area (Å²) < 4.78 is 27.0. The van der Waals surface area contributed by atoms with Gasteiger partial charge in [-0.15, -0.1) is 0 Å². The number of nitrogens with one attached hydrogen (secondary N) is 1. The highest BCUT2D eigenvalue weighted by atomic mass is 79.9. The van der Waals surface area contributed by atoms with Gasteiger partial charge in [0.05, 0.1) is 19.1 Å². The van der Waals surface area contributed by atoms with E-state index in [1.807, 2.05) is 23.9 Å². The lowest BCUT2D eigenvalue weighted by atomic mass is 9.64. The van der Waals surface area contributed by atoms with Gasteiger partial charge in [0.25, 0.3) is 0 Å². The quantitative estimate of drug-likeness (QED) is 0.143. The van der Waals surface area contributed by atoms with Crippen LogP contribution in [-0.2, 0) is 26.9 Å². The van der Waals surface area contributed by atoms with Crippen molar-refractivity contribution in [2.45, 2.75) is 145 Å². The van der Waals surface area contributed by atoms with E-state index in [0.29, 0.717) is 42.9 Å². The molecule has 2 aromatic rings. The minimum Gasteiger partial charge on any atom is -0.497 e. The summed E-state index contributed by atoms with van der Waals surface area (Å²) in [5, 5.41) is 4.04. The van der Waals surface area contributed by atoms with Crippen LogP contribution in [0.2, 0.25) is 17.1 Å². The fourth-order valence-corrected chi connectivity index (χ4v) is 16.0. The SMILES string of the molecule is CC[Si](OC[C@@H]1C[C@@]23c4c(cc(OCCCC5CCCC5)c(Br)c4O[C@@H]2CC(=O)C[C@H]3SCc2ccc(OC)cc2)CN1)(C(C)C)C(C)C. The van der Waals surface area contributed by atoms with Crippen LogP contribution >= 0.6 is 27.7 Å². The number of benzene rings is 2. The van der Waals surface area contributed by atoms with Crippen LogP contribution in [0.25, 0.3) is 0 Å². The minimum atomic E-state index is -1.98. The first-order valence-corrected chi connectivity index (χ1v) is 23.0. The maximum atomic E-state index is 13.5. The van der Waals surface area contributed by atoms with Gasteiger partial charge in [0.15, 0.2) is 8.32 Å². The highest BCUT2D eigenvalue weighted by molar-refractivity contribution is 9.10. The molecule has 6 nitrogen and oxygen atoms in total. The van der Waals surface area contributed by atoms with Crippen molar-refractivity contribution in [3.05, 3.63) is 51.5 Å². The van der Waals surface area contributed by atoms with Gasteiger partial charge in [-0.1, -0.05) is 72.4 Å². The van der Waals surface area contributed by atoms with E-state index >= 15 is 0 Å². The van der Waals surface area contributed by atoms with Gasteiger partial charge in [0.1, 0.15) is 33.6 Å². The number of carbonyl (C=O) groups excluding carboxylic acids is 1. The zero-order valence-corrected chi connectivity index (χ0v) is 34.0. The Morgan fingerprint density at radius 3 is 2.51 bits per heavy atom. The second-order valence-electron chi connectivity index (χ2n) is 15.6. The Kier molecular flexibility index (Phi) is 12.2. The smallest absolute Gasteiger partial charge is 0.197 e. The number of carbonyl (C=O) groups is 1. The fourth-order valence-electron chi connectivity index (χ4n) is 9.58. The molecule has 0 bridgehead atoms. The van der Waals surface area contributed by atoms with Crippen molar-refractivity contribution >= 4 is 41.8 Å². The third-order valence-electron chi connectivity index (χ3n) is 12.3. The van der Waals surface area contributed by atoms with Crippen LogP contribution in [-0.4, -0.2) is 51.8 Å². The summed E-state index contributed by atoms with van der Waals surface area (Å²) in [6.45, 7) is 13.8. The molecule has 6 rings (SSSR count). The standard InChI is InChI=1S/C40H58BrNO5SSi/c1-7-49(26(2)3,27(4)5)46-24-31-22-40-35(20-32(43)21-36(40)48-25-29-14-16-33(44-6)17-15-29)47-39-37(40)30(23-42-31)19-34(38(39)41)45-18-10-13-28-11-8-9-12-28/h14-17,19,26-28,31,35-36,42H,7-13,18,20-25H2,1-6H3/t31-,35+,36+,40+/m0/s1. The molecule has 4 aliphatic rings. The van der Waals surface area contributed by atoms with Gasteiger partial charge >= 0.3 is 0 Å². The third kappa shape index (κ3) is 7.53. The molecule has 2 saturated carbocycles. The van der Waals surface area contributed by atoms with Crippen LogP contribution in [0.3, 0.4) is 0 Å². The largest absolute Gasteiger partial charge is 0.497 e. The maximum Gasteiger partial charge on any atom is 0.197 e. The number of thioether (sulfide) groups is 1. The second-order valence-corrected chi connectivity index (χ2v) is 22.8. The van der Waals surface area contributed by atoms with Crippen LogP contribution in [0.5, 0.6) is 17.2 Å². The van der Waals surface area contributed by atoms with Gasteiger partial charge in [-0.2, -0.15) is 11.8 Å². The lowest BCUT2D eigenvalue weighted by molar-refractivity contribution is -0.124. The second kappa shape index (κ2) is 16.0. The predicted octanol–water partition coefficient (Wildman–Crippen LogP) is 10.1. The van der Waals surface area contributed by atoms with E-state index in [2.05, 4.69) is 74.1 Å². The molecule has 2 aromatic carbocycles. The molecule has 2 heterocycles. The number of hydrogen-bond donors (Lipinski definition) is 1. The van der Waals surface area contributed by atoms with Crippen molar-refractivity contribution in [1.29, 1.82) is 0 Å². The Morgan fingerprint density at radius 1 is 1.10 bits per heavy atom. The van der Waals surface area contributed by atoms with Crippen LogP contribution in [0, 0.1) is 5.92 Å². The molecule has 9 heteroatoms. The molecular weight excluding hydrogens is 714 g/mol. The lowest BCUT2D eigenvalue weighted by Crippen LogP contribution is -2.55. The van der Waals surface area contributed by atoms with Crippen LogP contribution in [0.1, 0.15) is 109 Å². The summed E-state index contributed by atoms with van der Waals surface area (Å²) in [7, 11) is -0.279. The Labute approximate surface area is 308 Å². The summed E-state index contributed by atoms with van der Waals surface area (Å²) in [5.74, 6) is 4.58. The molecule has 2 aliphatic heterocycles. The first-order chi connectivity index (χ1) is 23.6. The van der Waals surface area contributed by atoms with E-state index in [9.17, 15) is 4.79 Å². The first-order valence-electron chi connectivity index (χ1n) is 18.9. The predicted molar refractivity (Wildman–Crippen MR) is 207 cm³/mol. The molecule has 0 radical (unpaired) electrons. The van der Waals surface area contributed by atoms with Gasteiger partial charge in [-0.05, 0) is 87.6 Å². The Hall–Kier alpha value is -1.52. The van der Waals surface area contributed by atoms with Crippen LogP contribution in [0.15, 0.2) is 34.8 Å². The van der Waals surface area contributed by atoms with Crippen molar-refractivity contribution in [3.8, 4) is 17.2 Å². The molecule has 49 heavy (non-hydrogen) atoms. The average molecular weight is 773 g/mol. The van der Waals surface area contributed by atoms with Crippen LogP contribution in [0.4, 0.5) is 0 Å². The zero-order chi connectivity index (χ0) is 34.8. The molecule has 0 saturated heterocycles. The van der Waals surface area contributed by atoms with Crippen molar-refractivity contribution in [3.63, 3.8) is 0 Å². The topological polar surface area (TPSA) is 66.0 Å². The zero-order valence-electron chi connectivity index (χ0n) is 30.6. The number of methoxy groups -OCH3 is 1. The maximum absolute atomic E-state index is 13.5. The molecular formula is C40H58BrNO5SSi. The summed E-state index contributed by atoms with van der Waals surface area (Å²) in [6.07, 6.45) is 9.46. The van der Waals surface area contributed by atoms with Gasteiger partial charge in [-0.25, -0.2) is 0 Å². The molecule has 270 valence electrons. The summed E-state index contributed by atoms with van der Waals surface area (Å²) >= 11 is 5.88. The Balaban J connectivity index is 1.33. The first kappa shape index (κ1) is 37.2. The number of Topliss-reactive ketones (excluding diaryl/α,β-unsaturated/α-hetero) is 1. The molecule has 1 spiro atoms. The lowest BCUT2D eigenvalue weighted by Gasteiger charge is -2.46. The average Bonchev–Trinajstić information content (AvgIpc) is 3.69.